The number of benzene rings is 1. The van der Waals surface area contributed by atoms with Crippen molar-refractivity contribution in [2.24, 2.45) is 16.2 Å². The molecule has 0 spiro atoms. The van der Waals surface area contributed by atoms with Crippen LogP contribution in [0.25, 0.3) is 0 Å². The van der Waals surface area contributed by atoms with Gasteiger partial charge in [0, 0.05) is 10.2 Å². The predicted octanol–water partition coefficient (Wildman–Crippen LogP) is 6.62. The van der Waals surface area contributed by atoms with Gasteiger partial charge in [0.05, 0.1) is 24.9 Å². The summed E-state index contributed by atoms with van der Waals surface area (Å²) < 4.78 is 0.147. The van der Waals surface area contributed by atoms with Crippen molar-refractivity contribution < 1.29 is 4.79 Å². The maximum absolute atomic E-state index is 13.2. The zero-order valence-corrected chi connectivity index (χ0v) is 18.9. The zero-order valence-electron chi connectivity index (χ0n) is 12.6. The lowest BCUT2D eigenvalue weighted by Crippen LogP contribution is -2.71. The van der Waals surface area contributed by atoms with Gasteiger partial charge in [0.15, 0.2) is 0 Å². The minimum atomic E-state index is -0.477. The van der Waals surface area contributed by atoms with Gasteiger partial charge in [-0.15, -0.1) is 0 Å². The summed E-state index contributed by atoms with van der Waals surface area (Å²) in [5.41, 5.74) is -0.155. The third kappa shape index (κ3) is 2.12. The largest absolute Gasteiger partial charge is 0.323 e. The first-order chi connectivity index (χ1) is 10.6. The Kier molecular flexibility index (Phi) is 4.72. The standard InChI is InChI=1S/C16H16Br3Cl2NO/c1-14(2)15(12(18)19)6-7-16(14,11(15)17)13(23)22-10-8(20)4-3-5-9(10)21/h3-5,11-12H,6-7H2,1-2H3,(H,22,23)/t11-,15+,16+/m1/s1. The fourth-order valence-corrected chi connectivity index (χ4v) is 9.95. The molecule has 7 heteroatoms. The Labute approximate surface area is 171 Å². The minimum absolute atomic E-state index is 0.00534. The summed E-state index contributed by atoms with van der Waals surface area (Å²) >= 11 is 23.6. The summed E-state index contributed by atoms with van der Waals surface area (Å²) in [6.07, 6.45) is 1.80. The van der Waals surface area contributed by atoms with E-state index in [9.17, 15) is 4.79 Å². The van der Waals surface area contributed by atoms with Crippen LogP contribution in [0.15, 0.2) is 18.2 Å². The van der Waals surface area contributed by atoms with Gasteiger partial charge in [-0.05, 0) is 30.4 Å². The topological polar surface area (TPSA) is 29.1 Å². The summed E-state index contributed by atoms with van der Waals surface area (Å²) in [6.45, 7) is 4.34. The van der Waals surface area contributed by atoms with Crippen LogP contribution in [0, 0.1) is 16.2 Å². The molecule has 1 amide bonds. The number of para-hydroxylation sites is 1. The van der Waals surface area contributed by atoms with Crippen molar-refractivity contribution >= 4 is 82.6 Å². The Hall–Kier alpha value is 0.710. The van der Waals surface area contributed by atoms with Gasteiger partial charge in [0.1, 0.15) is 0 Å². The van der Waals surface area contributed by atoms with E-state index >= 15 is 0 Å². The molecule has 126 valence electrons. The summed E-state index contributed by atoms with van der Waals surface area (Å²) in [7, 11) is 0. The molecular weight excluding hydrogens is 533 g/mol. The van der Waals surface area contributed by atoms with Gasteiger partial charge >= 0.3 is 0 Å². The highest BCUT2D eigenvalue weighted by Crippen LogP contribution is 2.82. The number of nitrogens with one attached hydrogen (secondary N) is 1. The van der Waals surface area contributed by atoms with Crippen LogP contribution in [0.1, 0.15) is 26.7 Å². The summed E-state index contributed by atoms with van der Waals surface area (Å²) in [4.78, 5) is 13.3. The molecule has 1 aromatic rings. The van der Waals surface area contributed by atoms with E-state index in [4.69, 9.17) is 23.2 Å². The fourth-order valence-electron chi connectivity index (χ4n) is 4.54. The average Bonchev–Trinajstić information content (AvgIpc) is 2.92. The lowest BCUT2D eigenvalue weighted by Gasteiger charge is -2.66. The molecular formula is C16H16Br3Cl2NO. The van der Waals surface area contributed by atoms with E-state index in [1.165, 1.54) is 0 Å². The van der Waals surface area contributed by atoms with Gasteiger partial charge in [0.25, 0.3) is 0 Å². The van der Waals surface area contributed by atoms with Gasteiger partial charge in [-0.1, -0.05) is 90.9 Å². The second-order valence-electron chi connectivity index (χ2n) is 6.85. The Bertz CT molecular complexity index is 661. The van der Waals surface area contributed by atoms with Gasteiger partial charge < -0.3 is 5.32 Å². The molecule has 0 aromatic heterocycles. The van der Waals surface area contributed by atoms with E-state index in [1.54, 1.807) is 18.2 Å². The zero-order chi connectivity index (χ0) is 17.2. The van der Waals surface area contributed by atoms with Crippen LogP contribution in [-0.4, -0.2) is 14.5 Å². The van der Waals surface area contributed by atoms with Crippen molar-refractivity contribution in [2.45, 2.75) is 35.3 Å². The number of hydrogen-bond acceptors (Lipinski definition) is 1. The molecule has 0 heterocycles. The highest BCUT2D eigenvalue weighted by Gasteiger charge is 2.83. The molecule has 2 nitrogen and oxygen atoms in total. The molecule has 3 saturated carbocycles. The molecule has 0 unspecified atom stereocenters. The minimum Gasteiger partial charge on any atom is -0.323 e. The van der Waals surface area contributed by atoms with Crippen molar-refractivity contribution in [2.75, 3.05) is 5.32 Å². The molecule has 3 aliphatic rings. The number of rotatable bonds is 3. The highest BCUT2D eigenvalue weighted by molar-refractivity contribution is 9.24. The number of hydrogen-bond donors (Lipinski definition) is 1. The second-order valence-corrected chi connectivity index (χ2v) is 11.6. The Balaban J connectivity index is 1.95. The van der Waals surface area contributed by atoms with E-state index in [0.717, 1.165) is 12.8 Å². The predicted molar refractivity (Wildman–Crippen MR) is 107 cm³/mol. The lowest BCUT2D eigenvalue weighted by molar-refractivity contribution is -0.155. The first kappa shape index (κ1) is 18.5. The molecule has 23 heavy (non-hydrogen) atoms. The number of anilines is 1. The smallest absolute Gasteiger partial charge is 0.232 e. The second kappa shape index (κ2) is 5.87. The normalized spacial score (nSPS) is 34.3. The molecule has 1 aromatic carbocycles. The van der Waals surface area contributed by atoms with E-state index in [1.807, 2.05) is 0 Å². The number of carbonyl (C=O) groups excluding carboxylic acids is 1. The summed E-state index contributed by atoms with van der Waals surface area (Å²) in [5, 5.41) is 3.88. The number of amides is 1. The van der Waals surface area contributed by atoms with Crippen molar-refractivity contribution in [3.05, 3.63) is 28.2 Å². The van der Waals surface area contributed by atoms with E-state index in [-0.39, 0.29) is 25.3 Å². The highest BCUT2D eigenvalue weighted by atomic mass is 79.9. The summed E-state index contributed by atoms with van der Waals surface area (Å²) in [6, 6.07) is 5.22. The molecule has 2 bridgehead atoms. The Morgan fingerprint density at radius 3 is 2.26 bits per heavy atom. The third-order valence-corrected chi connectivity index (χ3v) is 9.96. The van der Waals surface area contributed by atoms with Crippen molar-refractivity contribution in [3.63, 3.8) is 0 Å². The van der Waals surface area contributed by atoms with Gasteiger partial charge in [-0.25, -0.2) is 0 Å². The van der Waals surface area contributed by atoms with Crippen LogP contribution in [0.3, 0.4) is 0 Å². The monoisotopic (exact) mass is 545 g/mol. The molecule has 1 N–H and O–H groups in total. The number of halogens is 5. The molecule has 3 atom stereocenters. The van der Waals surface area contributed by atoms with Gasteiger partial charge in [-0.3, -0.25) is 4.79 Å². The molecule has 3 fully saturated rings. The first-order valence-corrected chi connectivity index (χ1v) is 10.8. The number of alkyl halides is 3. The molecule has 0 radical (unpaired) electrons. The maximum Gasteiger partial charge on any atom is 0.232 e. The Morgan fingerprint density at radius 2 is 1.83 bits per heavy atom. The van der Waals surface area contributed by atoms with Crippen LogP contribution in [0.2, 0.25) is 10.0 Å². The molecule has 4 rings (SSSR count). The maximum atomic E-state index is 13.2. The first-order valence-electron chi connectivity index (χ1n) is 7.30. The van der Waals surface area contributed by atoms with Gasteiger partial charge in [-0.2, -0.15) is 0 Å². The lowest BCUT2D eigenvalue weighted by atomic mass is 9.43. The van der Waals surface area contributed by atoms with Crippen LogP contribution >= 0.6 is 71.0 Å². The van der Waals surface area contributed by atoms with Crippen molar-refractivity contribution in [1.29, 1.82) is 0 Å². The molecule has 3 aliphatic carbocycles. The van der Waals surface area contributed by atoms with Crippen LogP contribution in [0.5, 0.6) is 0 Å². The Morgan fingerprint density at radius 1 is 1.26 bits per heavy atom. The molecule has 0 saturated heterocycles. The number of carbonyl (C=O) groups is 1. The van der Waals surface area contributed by atoms with Crippen molar-refractivity contribution in [1.82, 2.24) is 0 Å². The van der Waals surface area contributed by atoms with E-state index in [2.05, 4.69) is 67.0 Å². The van der Waals surface area contributed by atoms with Crippen LogP contribution < -0.4 is 5.32 Å². The average molecular weight is 549 g/mol. The quantitative estimate of drug-likeness (QED) is 0.423. The van der Waals surface area contributed by atoms with Crippen LogP contribution in [0.4, 0.5) is 5.69 Å². The van der Waals surface area contributed by atoms with Gasteiger partial charge in [0.2, 0.25) is 5.91 Å². The number of fused-ring (bicyclic) bond motifs is 1. The molecule has 0 aliphatic heterocycles. The van der Waals surface area contributed by atoms with Crippen LogP contribution in [-0.2, 0) is 4.79 Å². The van der Waals surface area contributed by atoms with E-state index < -0.39 is 5.41 Å². The van der Waals surface area contributed by atoms with Crippen molar-refractivity contribution in [3.8, 4) is 0 Å². The SMILES string of the molecule is CC1(C)[C@@]2(C(=O)Nc3c(Cl)cccc3Cl)CC[C@@]1(C(Br)Br)[C@H]2Br. The fraction of sp³-hybridized carbons (Fsp3) is 0.562. The third-order valence-electron chi connectivity index (χ3n) is 6.09. The summed E-state index contributed by atoms with van der Waals surface area (Å²) in [5.74, 6) is -0.0202. The van der Waals surface area contributed by atoms with E-state index in [0.29, 0.717) is 15.7 Å².